The Balaban J connectivity index is 2.56. The maximum atomic E-state index is 4.51. The summed E-state index contributed by atoms with van der Waals surface area (Å²) >= 11 is 6.94. The van der Waals surface area contributed by atoms with Crippen LogP contribution < -0.4 is 0 Å². The Kier molecular flexibility index (Phi) is 3.71. The number of aryl methyl sites for hydroxylation is 1. The molecule has 1 aromatic heterocycles. The highest BCUT2D eigenvalue weighted by Gasteiger charge is 2.06. The van der Waals surface area contributed by atoms with Crippen LogP contribution in [-0.4, -0.2) is 9.97 Å². The second-order valence-electron chi connectivity index (χ2n) is 3.33. The van der Waals surface area contributed by atoms with Gasteiger partial charge in [-0.2, -0.15) is 0 Å². The number of hydrogen-bond acceptors (Lipinski definition) is 2. The van der Waals surface area contributed by atoms with Crippen LogP contribution in [-0.2, 0) is 6.42 Å². The smallest absolute Gasteiger partial charge is 0.130 e. The highest BCUT2D eigenvalue weighted by atomic mass is 79.9. The Labute approximate surface area is 111 Å². The van der Waals surface area contributed by atoms with E-state index in [1.807, 2.05) is 37.3 Å². The number of nitrogens with zero attached hydrogens (tertiary/aromatic N) is 2. The van der Waals surface area contributed by atoms with Gasteiger partial charge in [0.25, 0.3) is 0 Å². The van der Waals surface area contributed by atoms with Gasteiger partial charge in [0.15, 0.2) is 0 Å². The van der Waals surface area contributed by atoms with Crippen LogP contribution in [0.3, 0.4) is 0 Å². The molecule has 2 nitrogen and oxygen atoms in total. The minimum Gasteiger partial charge on any atom is -0.233 e. The Morgan fingerprint density at radius 3 is 2.56 bits per heavy atom. The van der Waals surface area contributed by atoms with Crippen LogP contribution in [0.15, 0.2) is 39.4 Å². The second kappa shape index (κ2) is 5.06. The van der Waals surface area contributed by atoms with Crippen LogP contribution in [0.1, 0.15) is 12.7 Å². The van der Waals surface area contributed by atoms with Crippen molar-refractivity contribution in [1.29, 1.82) is 0 Å². The van der Waals surface area contributed by atoms with Gasteiger partial charge in [0.05, 0.1) is 5.69 Å². The first-order valence-corrected chi connectivity index (χ1v) is 6.57. The van der Waals surface area contributed by atoms with Crippen molar-refractivity contribution >= 4 is 31.9 Å². The van der Waals surface area contributed by atoms with Crippen LogP contribution in [0.2, 0.25) is 0 Å². The van der Waals surface area contributed by atoms with Gasteiger partial charge in [0, 0.05) is 16.5 Å². The number of benzene rings is 1. The molecule has 1 aromatic carbocycles. The zero-order valence-electron chi connectivity index (χ0n) is 8.74. The van der Waals surface area contributed by atoms with E-state index in [-0.39, 0.29) is 0 Å². The molecule has 0 saturated heterocycles. The van der Waals surface area contributed by atoms with Gasteiger partial charge in [-0.05, 0) is 28.1 Å². The standard InChI is InChI=1S/C12H10Br2N2/c1-2-12-15-10(7-11(14)16-12)8-5-3-4-6-9(8)13/h3-7H,2H2,1H3. The monoisotopic (exact) mass is 340 g/mol. The Bertz CT molecular complexity index is 512. The number of hydrogen-bond donors (Lipinski definition) is 0. The fourth-order valence-electron chi connectivity index (χ4n) is 1.43. The van der Waals surface area contributed by atoms with Gasteiger partial charge in [-0.3, -0.25) is 0 Å². The summed E-state index contributed by atoms with van der Waals surface area (Å²) in [6.45, 7) is 2.05. The molecule has 0 aliphatic heterocycles. The SMILES string of the molecule is CCc1nc(Br)cc(-c2ccccc2Br)n1. The number of halogens is 2. The molecule has 0 N–H and O–H groups in total. The number of aromatic nitrogens is 2. The summed E-state index contributed by atoms with van der Waals surface area (Å²) < 4.78 is 1.87. The maximum absolute atomic E-state index is 4.51. The Hall–Kier alpha value is -0.740. The molecule has 0 aliphatic carbocycles. The van der Waals surface area contributed by atoms with Crippen molar-refractivity contribution in [2.75, 3.05) is 0 Å². The van der Waals surface area contributed by atoms with Crippen LogP contribution in [0.5, 0.6) is 0 Å². The lowest BCUT2D eigenvalue weighted by Crippen LogP contribution is -1.96. The van der Waals surface area contributed by atoms with E-state index in [4.69, 9.17) is 0 Å². The van der Waals surface area contributed by atoms with Crippen LogP contribution in [0, 0.1) is 0 Å². The van der Waals surface area contributed by atoms with Crippen LogP contribution in [0.25, 0.3) is 11.3 Å². The first kappa shape index (κ1) is 11.7. The summed E-state index contributed by atoms with van der Waals surface area (Å²) in [7, 11) is 0. The summed E-state index contributed by atoms with van der Waals surface area (Å²) in [5, 5.41) is 0. The summed E-state index contributed by atoms with van der Waals surface area (Å²) in [5.74, 6) is 0.847. The molecular weight excluding hydrogens is 332 g/mol. The molecular formula is C12H10Br2N2. The molecule has 2 aromatic rings. The van der Waals surface area contributed by atoms with Crippen molar-refractivity contribution in [2.45, 2.75) is 13.3 Å². The third-order valence-electron chi connectivity index (χ3n) is 2.21. The predicted molar refractivity (Wildman–Crippen MR) is 72.2 cm³/mol. The lowest BCUT2D eigenvalue weighted by Gasteiger charge is -2.05. The maximum Gasteiger partial charge on any atom is 0.130 e. The summed E-state index contributed by atoms with van der Waals surface area (Å²) in [4.78, 5) is 8.81. The molecule has 0 saturated carbocycles. The predicted octanol–water partition coefficient (Wildman–Crippen LogP) is 4.23. The lowest BCUT2D eigenvalue weighted by molar-refractivity contribution is 0.931. The molecule has 0 unspecified atom stereocenters. The molecule has 0 fully saturated rings. The van der Waals surface area contributed by atoms with E-state index < -0.39 is 0 Å². The largest absolute Gasteiger partial charge is 0.233 e. The van der Waals surface area contributed by atoms with Crippen molar-refractivity contribution in [1.82, 2.24) is 9.97 Å². The summed E-state index contributed by atoms with van der Waals surface area (Å²) in [6, 6.07) is 9.97. The van der Waals surface area contributed by atoms with Gasteiger partial charge >= 0.3 is 0 Å². The normalized spacial score (nSPS) is 10.4. The molecule has 0 radical (unpaired) electrons. The fourth-order valence-corrected chi connectivity index (χ4v) is 2.34. The topological polar surface area (TPSA) is 25.8 Å². The Morgan fingerprint density at radius 2 is 1.88 bits per heavy atom. The van der Waals surface area contributed by atoms with Crippen molar-refractivity contribution < 1.29 is 0 Å². The quantitative estimate of drug-likeness (QED) is 0.764. The van der Waals surface area contributed by atoms with Gasteiger partial charge in [-0.1, -0.05) is 41.1 Å². The first-order valence-electron chi connectivity index (χ1n) is 4.99. The Morgan fingerprint density at radius 1 is 1.12 bits per heavy atom. The third-order valence-corrected chi connectivity index (χ3v) is 3.30. The van der Waals surface area contributed by atoms with Crippen molar-refractivity contribution in [3.8, 4) is 11.3 Å². The lowest BCUT2D eigenvalue weighted by atomic mass is 10.1. The average Bonchev–Trinajstić information content (AvgIpc) is 2.28. The van der Waals surface area contributed by atoms with E-state index in [0.717, 1.165) is 32.6 Å². The molecule has 0 aliphatic rings. The van der Waals surface area contributed by atoms with Crippen LogP contribution in [0.4, 0.5) is 0 Å². The molecule has 0 atom stereocenters. The van der Waals surface area contributed by atoms with Gasteiger partial charge < -0.3 is 0 Å². The molecule has 0 amide bonds. The van der Waals surface area contributed by atoms with E-state index in [9.17, 15) is 0 Å². The van der Waals surface area contributed by atoms with E-state index in [0.29, 0.717) is 0 Å². The zero-order chi connectivity index (χ0) is 11.5. The summed E-state index contributed by atoms with van der Waals surface area (Å²) in [5.41, 5.74) is 2.02. The van der Waals surface area contributed by atoms with E-state index >= 15 is 0 Å². The average molecular weight is 342 g/mol. The molecule has 0 bridgehead atoms. The van der Waals surface area contributed by atoms with Crippen molar-refractivity contribution in [3.63, 3.8) is 0 Å². The third kappa shape index (κ3) is 2.50. The van der Waals surface area contributed by atoms with Gasteiger partial charge in [-0.15, -0.1) is 0 Å². The van der Waals surface area contributed by atoms with E-state index in [1.54, 1.807) is 0 Å². The molecule has 4 heteroatoms. The highest BCUT2D eigenvalue weighted by molar-refractivity contribution is 9.10. The van der Waals surface area contributed by atoms with E-state index in [1.165, 1.54) is 0 Å². The van der Waals surface area contributed by atoms with Crippen molar-refractivity contribution in [2.24, 2.45) is 0 Å². The van der Waals surface area contributed by atoms with E-state index in [2.05, 4.69) is 41.8 Å². The zero-order valence-corrected chi connectivity index (χ0v) is 11.9. The highest BCUT2D eigenvalue weighted by Crippen LogP contribution is 2.27. The molecule has 0 spiro atoms. The van der Waals surface area contributed by atoms with Crippen LogP contribution >= 0.6 is 31.9 Å². The minimum atomic E-state index is 0.824. The van der Waals surface area contributed by atoms with Gasteiger partial charge in [-0.25, -0.2) is 9.97 Å². The minimum absolute atomic E-state index is 0.824. The first-order chi connectivity index (χ1) is 7.70. The molecule has 16 heavy (non-hydrogen) atoms. The van der Waals surface area contributed by atoms with Gasteiger partial charge in [0.2, 0.25) is 0 Å². The molecule has 2 rings (SSSR count). The molecule has 1 heterocycles. The van der Waals surface area contributed by atoms with Gasteiger partial charge in [0.1, 0.15) is 10.4 Å². The fraction of sp³-hybridized carbons (Fsp3) is 0.167. The van der Waals surface area contributed by atoms with Crippen molar-refractivity contribution in [3.05, 3.63) is 45.2 Å². The summed E-state index contributed by atoms with van der Waals surface area (Å²) in [6.07, 6.45) is 0.830. The second-order valence-corrected chi connectivity index (χ2v) is 4.99. The number of rotatable bonds is 2. The molecule has 82 valence electrons.